The summed E-state index contributed by atoms with van der Waals surface area (Å²) in [5.41, 5.74) is -5.98. The van der Waals surface area contributed by atoms with Crippen molar-refractivity contribution in [2.75, 3.05) is 0 Å². The molecule has 0 heterocycles. The Labute approximate surface area is 144 Å². The molecular formula is C7H19Cl6PSi4. The van der Waals surface area contributed by atoms with Crippen LogP contribution in [0.15, 0.2) is 0 Å². The zero-order valence-corrected chi connectivity index (χ0v) is 20.7. The minimum atomic E-state index is -2.99. The van der Waals surface area contributed by atoms with Crippen LogP contribution in [0.4, 0.5) is 0 Å². The first-order valence-electron chi connectivity index (χ1n) is 5.42. The van der Waals surface area contributed by atoms with Crippen LogP contribution in [0.1, 0.15) is 0 Å². The average molecular weight is 459 g/mol. The molecule has 0 fully saturated rings. The van der Waals surface area contributed by atoms with E-state index in [1.54, 1.807) is 0 Å². The molecule has 0 bridgehead atoms. The fraction of sp³-hybridized carbons (Fsp3) is 1.00. The molecule has 0 nitrogen and oxygen atoms in total. The standard InChI is InChI=1S/C7H19Cl6PSi4/c1-15(2,3)7(16(4,5)6)14(17(8,9)10)18(11,12)13/h7H,1-6H3. The Morgan fingerprint density at radius 1 is 0.611 bits per heavy atom. The maximum Gasteiger partial charge on any atom is 0.365 e. The highest BCUT2D eigenvalue weighted by Crippen LogP contribution is 2.70. The van der Waals surface area contributed by atoms with Crippen LogP contribution in [-0.4, -0.2) is 32.4 Å². The van der Waals surface area contributed by atoms with Crippen molar-refractivity contribution in [3.05, 3.63) is 0 Å². The van der Waals surface area contributed by atoms with Crippen LogP contribution in [-0.2, 0) is 0 Å². The maximum absolute atomic E-state index is 6.32. The lowest BCUT2D eigenvalue weighted by molar-refractivity contribution is 1.46. The van der Waals surface area contributed by atoms with E-state index in [1.165, 1.54) is 0 Å². The number of halogens is 6. The second-order valence-corrected chi connectivity index (χ2v) is 48.4. The summed E-state index contributed by atoms with van der Waals surface area (Å²) >= 11 is 37.9. The van der Waals surface area contributed by atoms with E-state index in [4.69, 9.17) is 66.5 Å². The molecule has 0 saturated heterocycles. The van der Waals surface area contributed by atoms with Crippen molar-refractivity contribution in [2.45, 2.75) is 44.2 Å². The molecule has 0 aromatic carbocycles. The molecule has 0 aliphatic rings. The zero-order chi connectivity index (χ0) is 15.2. The summed E-state index contributed by atoms with van der Waals surface area (Å²) in [6, 6.07) is 0. The molecule has 11 heteroatoms. The van der Waals surface area contributed by atoms with Gasteiger partial charge in [-0.1, -0.05) is 39.3 Å². The first kappa shape index (κ1) is 21.0. The number of hydrogen-bond donors (Lipinski definition) is 0. The SMILES string of the molecule is C[Si](C)(C)C(P([Si](Cl)(Cl)Cl)[Si](Cl)(Cl)Cl)[Si](C)(C)C. The van der Waals surface area contributed by atoms with Crippen molar-refractivity contribution in [1.82, 2.24) is 0 Å². The molecule has 0 unspecified atom stereocenters. The number of rotatable bonds is 5. The summed E-state index contributed by atoms with van der Waals surface area (Å²) < 4.78 is 0. The molecular weight excluding hydrogens is 440 g/mol. The maximum atomic E-state index is 6.32. The van der Waals surface area contributed by atoms with Gasteiger partial charge in [-0.05, 0) is 11.9 Å². The van der Waals surface area contributed by atoms with Gasteiger partial charge in [-0.2, -0.15) is 0 Å². The van der Waals surface area contributed by atoms with Gasteiger partial charge in [0, 0.05) is 16.1 Å². The molecule has 0 aliphatic carbocycles. The molecule has 0 radical (unpaired) electrons. The molecule has 0 N–H and O–H groups in total. The molecule has 110 valence electrons. The third-order valence-corrected chi connectivity index (χ3v) is 50.2. The van der Waals surface area contributed by atoms with Gasteiger partial charge in [-0.15, -0.1) is 66.5 Å². The van der Waals surface area contributed by atoms with E-state index in [2.05, 4.69) is 39.3 Å². The zero-order valence-electron chi connectivity index (χ0n) is 11.3. The lowest BCUT2D eigenvalue weighted by atomic mass is 11.7. The highest BCUT2D eigenvalue weighted by atomic mass is 35.9. The van der Waals surface area contributed by atoms with Crippen molar-refractivity contribution in [3.8, 4) is 0 Å². The second kappa shape index (κ2) is 6.65. The summed E-state index contributed by atoms with van der Waals surface area (Å²) in [6.07, 6.45) is 0. The van der Waals surface area contributed by atoms with Crippen LogP contribution in [0, 0.1) is 0 Å². The van der Waals surface area contributed by atoms with Gasteiger partial charge in [-0.25, -0.2) is 0 Å². The molecule has 0 saturated carbocycles. The monoisotopic (exact) mass is 456 g/mol. The van der Waals surface area contributed by atoms with E-state index in [-0.39, 0.29) is 0 Å². The molecule has 0 spiro atoms. The van der Waals surface area contributed by atoms with Crippen LogP contribution >= 0.6 is 73.5 Å². The van der Waals surface area contributed by atoms with Crippen LogP contribution in [0.5, 0.6) is 0 Å². The highest BCUT2D eigenvalue weighted by Gasteiger charge is 2.60. The Balaban J connectivity index is 5.84. The predicted octanol–water partition coefficient (Wildman–Crippen LogP) is 6.90. The van der Waals surface area contributed by atoms with Crippen molar-refractivity contribution in [3.63, 3.8) is 0 Å². The van der Waals surface area contributed by atoms with E-state index in [0.717, 1.165) is 0 Å². The van der Waals surface area contributed by atoms with Crippen molar-refractivity contribution in [2.24, 2.45) is 0 Å². The number of hydrogen-bond acceptors (Lipinski definition) is 0. The summed E-state index contributed by atoms with van der Waals surface area (Å²) in [4.78, 5) is 0.373. The Kier molecular flexibility index (Phi) is 7.78. The molecule has 0 atom stereocenters. The topological polar surface area (TPSA) is 0 Å². The van der Waals surface area contributed by atoms with Gasteiger partial charge in [0.15, 0.2) is 0 Å². The molecule has 18 heavy (non-hydrogen) atoms. The van der Waals surface area contributed by atoms with Crippen LogP contribution < -0.4 is 0 Å². The van der Waals surface area contributed by atoms with E-state index < -0.39 is 34.5 Å². The van der Waals surface area contributed by atoms with Gasteiger partial charge in [0.25, 0.3) is 0 Å². The Bertz CT molecular complexity index is 230. The smallest absolute Gasteiger partial charge is 0.121 e. The lowest BCUT2D eigenvalue weighted by Gasteiger charge is -2.47. The van der Waals surface area contributed by atoms with Gasteiger partial charge in [0.2, 0.25) is 0 Å². The van der Waals surface area contributed by atoms with E-state index in [9.17, 15) is 0 Å². The van der Waals surface area contributed by atoms with E-state index >= 15 is 0 Å². The summed E-state index contributed by atoms with van der Waals surface area (Å²) in [7, 11) is -4.19. The molecule has 0 amide bonds. The van der Waals surface area contributed by atoms with Gasteiger partial charge < -0.3 is 0 Å². The molecule has 0 rings (SSSR count). The summed E-state index contributed by atoms with van der Waals surface area (Å²) in [5.74, 6) is 0. The Morgan fingerprint density at radius 3 is 0.889 bits per heavy atom. The first-order valence-corrected chi connectivity index (χ1v) is 25.7. The fourth-order valence-corrected chi connectivity index (χ4v) is 91.3. The molecule has 0 aromatic heterocycles. The van der Waals surface area contributed by atoms with Crippen LogP contribution in [0.3, 0.4) is 0 Å². The van der Waals surface area contributed by atoms with Crippen LogP contribution in [0.2, 0.25) is 39.3 Å². The minimum Gasteiger partial charge on any atom is -0.121 e. The van der Waals surface area contributed by atoms with Crippen molar-refractivity contribution >= 4 is 101 Å². The average Bonchev–Trinajstić information content (AvgIpc) is 1.89. The van der Waals surface area contributed by atoms with Crippen molar-refractivity contribution in [1.29, 1.82) is 0 Å². The van der Waals surface area contributed by atoms with Gasteiger partial charge in [0.1, 0.15) is 0 Å². The Morgan fingerprint density at radius 2 is 0.833 bits per heavy atom. The molecule has 0 aliphatic heterocycles. The predicted molar refractivity (Wildman–Crippen MR) is 104 cm³/mol. The molecule has 0 aromatic rings. The summed E-state index contributed by atoms with van der Waals surface area (Å²) in [5, 5.41) is 0. The fourth-order valence-electron chi connectivity index (χ4n) is 2.51. The van der Waals surface area contributed by atoms with Crippen LogP contribution in [0.25, 0.3) is 0 Å². The first-order chi connectivity index (χ1) is 7.49. The second-order valence-electron chi connectivity index (χ2n) is 6.44. The quantitative estimate of drug-likeness (QED) is 0.239. The van der Waals surface area contributed by atoms with Gasteiger partial charge >= 0.3 is 11.3 Å². The lowest BCUT2D eigenvalue weighted by Crippen LogP contribution is -2.56. The van der Waals surface area contributed by atoms with E-state index in [1.807, 2.05) is 0 Å². The van der Waals surface area contributed by atoms with Crippen molar-refractivity contribution < 1.29 is 0 Å². The summed E-state index contributed by atoms with van der Waals surface area (Å²) in [6.45, 7) is 13.8. The normalized spacial score (nSPS) is 15.7. The van der Waals surface area contributed by atoms with Gasteiger partial charge in [0.05, 0.1) is 0 Å². The van der Waals surface area contributed by atoms with Gasteiger partial charge in [-0.3, -0.25) is 0 Å². The Hall–Kier alpha value is 3.04. The highest BCUT2D eigenvalue weighted by molar-refractivity contribution is 8.44. The third kappa shape index (κ3) is 6.43. The van der Waals surface area contributed by atoms with E-state index in [0.29, 0.717) is 4.91 Å². The minimum absolute atomic E-state index is 0.373. The third-order valence-electron chi connectivity index (χ3n) is 2.45. The largest absolute Gasteiger partial charge is 0.365 e.